The van der Waals surface area contributed by atoms with E-state index in [1.807, 2.05) is 18.2 Å². The minimum absolute atomic E-state index is 0.0442. The molecule has 0 aromatic heterocycles. The van der Waals surface area contributed by atoms with E-state index in [1.165, 1.54) is 24.7 Å². The molecular formula is C19H21FN2O3S. The molecule has 0 bridgehead atoms. The number of nitrogens with one attached hydrogen (secondary N) is 1. The number of likely N-dealkylation sites (N-methyl/N-ethyl adjacent to an activating group) is 1. The van der Waals surface area contributed by atoms with E-state index in [0.29, 0.717) is 0 Å². The van der Waals surface area contributed by atoms with Gasteiger partial charge in [0.15, 0.2) is 0 Å². The normalized spacial score (nSPS) is 17.0. The minimum Gasteiger partial charge on any atom is -0.348 e. The Bertz CT molecular complexity index is 897. The molecule has 2 aromatic rings. The number of nitrogens with zero attached hydrogens (tertiary/aromatic N) is 1. The van der Waals surface area contributed by atoms with E-state index in [9.17, 15) is 17.6 Å². The number of hydrogen-bond donors (Lipinski definition) is 1. The van der Waals surface area contributed by atoms with E-state index < -0.39 is 15.8 Å². The zero-order chi connectivity index (χ0) is 18.7. The summed E-state index contributed by atoms with van der Waals surface area (Å²) in [7, 11) is -2.51. The van der Waals surface area contributed by atoms with Crippen molar-refractivity contribution in [3.8, 4) is 0 Å². The van der Waals surface area contributed by atoms with Crippen LogP contribution in [0.5, 0.6) is 0 Å². The Morgan fingerprint density at radius 3 is 2.62 bits per heavy atom. The number of rotatable bonds is 5. The first kappa shape index (κ1) is 18.5. The quantitative estimate of drug-likeness (QED) is 0.872. The predicted molar refractivity (Wildman–Crippen MR) is 96.5 cm³/mol. The van der Waals surface area contributed by atoms with Gasteiger partial charge in [-0.2, -0.15) is 4.31 Å². The first-order chi connectivity index (χ1) is 12.4. The van der Waals surface area contributed by atoms with Gasteiger partial charge in [0.25, 0.3) is 0 Å². The van der Waals surface area contributed by atoms with Crippen molar-refractivity contribution in [3.63, 3.8) is 0 Å². The summed E-state index contributed by atoms with van der Waals surface area (Å²) >= 11 is 0. The van der Waals surface area contributed by atoms with Crippen molar-refractivity contribution in [1.82, 2.24) is 9.62 Å². The molecule has 1 aliphatic carbocycles. The fourth-order valence-electron chi connectivity index (χ4n) is 3.22. The molecule has 0 saturated heterocycles. The summed E-state index contributed by atoms with van der Waals surface area (Å²) < 4.78 is 39.0. The summed E-state index contributed by atoms with van der Waals surface area (Å²) in [5.41, 5.74) is 2.31. The van der Waals surface area contributed by atoms with Gasteiger partial charge >= 0.3 is 0 Å². The highest BCUT2D eigenvalue weighted by Gasteiger charge is 2.26. The van der Waals surface area contributed by atoms with Crippen LogP contribution in [-0.4, -0.2) is 32.2 Å². The van der Waals surface area contributed by atoms with Gasteiger partial charge in [-0.15, -0.1) is 0 Å². The molecule has 1 atom stereocenters. The Morgan fingerprint density at radius 2 is 1.88 bits per heavy atom. The Balaban J connectivity index is 1.67. The number of aryl methyl sites for hydroxylation is 1. The molecule has 0 fully saturated rings. The van der Waals surface area contributed by atoms with Gasteiger partial charge in [0.05, 0.1) is 17.5 Å². The third kappa shape index (κ3) is 3.94. The van der Waals surface area contributed by atoms with E-state index in [1.54, 1.807) is 0 Å². The first-order valence-corrected chi connectivity index (χ1v) is 9.91. The van der Waals surface area contributed by atoms with Gasteiger partial charge in [-0.25, -0.2) is 12.8 Å². The van der Waals surface area contributed by atoms with E-state index in [-0.39, 0.29) is 23.4 Å². The molecule has 1 N–H and O–H groups in total. The van der Waals surface area contributed by atoms with Gasteiger partial charge in [0.2, 0.25) is 15.9 Å². The van der Waals surface area contributed by atoms with E-state index in [4.69, 9.17) is 0 Å². The van der Waals surface area contributed by atoms with Crippen molar-refractivity contribution in [3.05, 3.63) is 65.5 Å². The highest BCUT2D eigenvalue weighted by atomic mass is 32.2. The van der Waals surface area contributed by atoms with Crippen molar-refractivity contribution < 1.29 is 17.6 Å². The van der Waals surface area contributed by atoms with Gasteiger partial charge in [-0.1, -0.05) is 24.3 Å². The smallest absolute Gasteiger partial charge is 0.243 e. The van der Waals surface area contributed by atoms with Gasteiger partial charge in [-0.05, 0) is 54.7 Å². The van der Waals surface area contributed by atoms with Crippen LogP contribution in [0, 0.1) is 5.82 Å². The maximum absolute atomic E-state index is 13.0. The number of hydrogen-bond acceptors (Lipinski definition) is 3. The number of carbonyl (C=O) groups is 1. The fraction of sp³-hybridized carbons (Fsp3) is 0.316. The molecule has 0 aliphatic heterocycles. The molecule has 3 rings (SSSR count). The zero-order valence-corrected chi connectivity index (χ0v) is 15.3. The lowest BCUT2D eigenvalue weighted by Crippen LogP contribution is -2.40. The Morgan fingerprint density at radius 1 is 1.19 bits per heavy atom. The predicted octanol–water partition coefficient (Wildman–Crippen LogP) is 2.64. The molecule has 0 spiro atoms. The Labute approximate surface area is 152 Å². The highest BCUT2D eigenvalue weighted by molar-refractivity contribution is 7.89. The molecule has 26 heavy (non-hydrogen) atoms. The molecule has 5 nitrogen and oxygen atoms in total. The van der Waals surface area contributed by atoms with Crippen LogP contribution in [0.3, 0.4) is 0 Å². The molecular weight excluding hydrogens is 355 g/mol. The maximum atomic E-state index is 13.0. The van der Waals surface area contributed by atoms with Gasteiger partial charge in [-0.3, -0.25) is 4.79 Å². The fourth-order valence-corrected chi connectivity index (χ4v) is 4.34. The SMILES string of the molecule is CN(CC(=O)N[C@H]1CCCc2ccccc21)S(=O)(=O)c1ccc(F)cc1. The number of benzene rings is 2. The summed E-state index contributed by atoms with van der Waals surface area (Å²) in [5.74, 6) is -0.875. The van der Waals surface area contributed by atoms with Crippen molar-refractivity contribution in [2.75, 3.05) is 13.6 Å². The third-order valence-electron chi connectivity index (χ3n) is 4.59. The summed E-state index contributed by atoms with van der Waals surface area (Å²) in [6, 6.07) is 12.4. The van der Waals surface area contributed by atoms with Crippen molar-refractivity contribution in [2.45, 2.75) is 30.2 Å². The molecule has 0 saturated carbocycles. The number of halogens is 1. The van der Waals surface area contributed by atoms with Crippen molar-refractivity contribution in [1.29, 1.82) is 0 Å². The lowest BCUT2D eigenvalue weighted by molar-refractivity contribution is -0.122. The van der Waals surface area contributed by atoms with E-state index >= 15 is 0 Å². The topological polar surface area (TPSA) is 66.5 Å². The number of sulfonamides is 1. The van der Waals surface area contributed by atoms with Crippen LogP contribution in [0.15, 0.2) is 53.4 Å². The molecule has 7 heteroatoms. The second-order valence-corrected chi connectivity index (χ2v) is 8.47. The first-order valence-electron chi connectivity index (χ1n) is 8.47. The number of carbonyl (C=O) groups excluding carboxylic acids is 1. The lowest BCUT2D eigenvalue weighted by atomic mass is 9.88. The summed E-state index contributed by atoms with van der Waals surface area (Å²) in [6.07, 6.45) is 2.80. The van der Waals surface area contributed by atoms with Crippen LogP contribution in [0.4, 0.5) is 4.39 Å². The van der Waals surface area contributed by atoms with Crippen LogP contribution in [-0.2, 0) is 21.2 Å². The van der Waals surface area contributed by atoms with Gasteiger partial charge < -0.3 is 5.32 Å². The highest BCUT2D eigenvalue weighted by Crippen LogP contribution is 2.29. The standard InChI is InChI=1S/C19H21FN2O3S/c1-22(26(24,25)16-11-9-15(20)10-12-16)13-19(23)21-18-8-4-6-14-5-2-3-7-17(14)18/h2-3,5,7,9-12,18H,4,6,8,13H2,1H3,(H,21,23)/t18-/m0/s1. The van der Waals surface area contributed by atoms with Gasteiger partial charge in [0.1, 0.15) is 5.82 Å². The molecule has 1 amide bonds. The molecule has 0 unspecified atom stereocenters. The summed E-state index contributed by atoms with van der Waals surface area (Å²) in [4.78, 5) is 12.3. The molecule has 0 radical (unpaired) electrons. The average Bonchev–Trinajstić information content (AvgIpc) is 2.62. The largest absolute Gasteiger partial charge is 0.348 e. The van der Waals surface area contributed by atoms with Crippen LogP contribution < -0.4 is 5.32 Å². The van der Waals surface area contributed by atoms with Crippen LogP contribution in [0.2, 0.25) is 0 Å². The molecule has 1 aliphatic rings. The van der Waals surface area contributed by atoms with Gasteiger partial charge in [0, 0.05) is 7.05 Å². The monoisotopic (exact) mass is 376 g/mol. The number of fused-ring (bicyclic) bond motifs is 1. The lowest BCUT2D eigenvalue weighted by Gasteiger charge is -2.27. The van der Waals surface area contributed by atoms with Crippen LogP contribution in [0.1, 0.15) is 30.0 Å². The summed E-state index contributed by atoms with van der Waals surface area (Å²) in [5, 5.41) is 2.93. The minimum atomic E-state index is -3.85. The second kappa shape index (κ2) is 7.55. The third-order valence-corrected chi connectivity index (χ3v) is 6.41. The van der Waals surface area contributed by atoms with Crippen LogP contribution >= 0.6 is 0 Å². The maximum Gasteiger partial charge on any atom is 0.243 e. The summed E-state index contributed by atoms with van der Waals surface area (Å²) in [6.45, 7) is -0.293. The second-order valence-electron chi connectivity index (χ2n) is 6.43. The van der Waals surface area contributed by atoms with Crippen molar-refractivity contribution >= 4 is 15.9 Å². The molecule has 2 aromatic carbocycles. The van der Waals surface area contributed by atoms with E-state index in [0.717, 1.165) is 41.3 Å². The van der Waals surface area contributed by atoms with Crippen LogP contribution in [0.25, 0.3) is 0 Å². The number of amides is 1. The Kier molecular flexibility index (Phi) is 5.38. The Hall–Kier alpha value is -2.25. The molecule has 138 valence electrons. The average molecular weight is 376 g/mol. The zero-order valence-electron chi connectivity index (χ0n) is 14.5. The van der Waals surface area contributed by atoms with Crippen molar-refractivity contribution in [2.24, 2.45) is 0 Å². The molecule has 0 heterocycles. The van der Waals surface area contributed by atoms with E-state index in [2.05, 4.69) is 11.4 Å².